The zero-order valence-corrected chi connectivity index (χ0v) is 12.6. The van der Waals surface area contributed by atoms with Gasteiger partial charge in [0, 0.05) is 25.2 Å². The summed E-state index contributed by atoms with van der Waals surface area (Å²) in [5, 5.41) is 0. The van der Waals surface area contributed by atoms with Crippen LogP contribution >= 0.6 is 0 Å². The number of benzene rings is 1. The third-order valence-electron chi connectivity index (χ3n) is 2.66. The number of hydrogen-bond acceptors (Lipinski definition) is 3. The number of amides is 1. The highest BCUT2D eigenvalue weighted by molar-refractivity contribution is 5.95. The van der Waals surface area contributed by atoms with Crippen molar-refractivity contribution in [2.24, 2.45) is 5.41 Å². The fraction of sp³-hybridized carbons (Fsp3) is 0.533. The third-order valence-corrected chi connectivity index (χ3v) is 2.66. The fourth-order valence-corrected chi connectivity index (χ4v) is 1.93. The largest absolute Gasteiger partial charge is 0.497 e. The van der Waals surface area contributed by atoms with Crippen molar-refractivity contribution < 1.29 is 14.3 Å². The third kappa shape index (κ3) is 4.47. The van der Waals surface area contributed by atoms with Crippen molar-refractivity contribution in [3.8, 4) is 11.5 Å². The Kier molecular flexibility index (Phi) is 4.81. The van der Waals surface area contributed by atoms with E-state index in [0.717, 1.165) is 0 Å². The molecule has 106 valence electrons. The molecule has 0 radical (unpaired) electrons. The van der Waals surface area contributed by atoms with Gasteiger partial charge in [-0.15, -0.1) is 0 Å². The predicted molar refractivity (Wildman–Crippen MR) is 76.0 cm³/mol. The van der Waals surface area contributed by atoms with Gasteiger partial charge in [-0.1, -0.05) is 20.8 Å². The minimum atomic E-state index is -0.0351. The molecule has 0 aliphatic rings. The maximum absolute atomic E-state index is 12.4. The summed E-state index contributed by atoms with van der Waals surface area (Å²) in [5.41, 5.74) is 0.635. The molecule has 0 fully saturated rings. The molecule has 0 saturated carbocycles. The standard InChI is InChI=1S/C15H23NO3/c1-15(2,3)10-16(4)14(17)11-7-12(18-5)9-13(8-11)19-6/h7-9H,10H2,1-6H3. The predicted octanol–water partition coefficient (Wildman–Crippen LogP) is 2.82. The minimum absolute atomic E-state index is 0.0351. The molecule has 0 saturated heterocycles. The van der Waals surface area contributed by atoms with Gasteiger partial charge in [-0.3, -0.25) is 4.79 Å². The van der Waals surface area contributed by atoms with Gasteiger partial charge in [0.1, 0.15) is 11.5 Å². The smallest absolute Gasteiger partial charge is 0.253 e. The maximum atomic E-state index is 12.4. The lowest BCUT2D eigenvalue weighted by Crippen LogP contribution is -2.34. The van der Waals surface area contributed by atoms with Crippen LogP contribution in [0.3, 0.4) is 0 Å². The van der Waals surface area contributed by atoms with Crippen molar-refractivity contribution in [3.05, 3.63) is 23.8 Å². The van der Waals surface area contributed by atoms with Crippen LogP contribution in [0.5, 0.6) is 11.5 Å². The number of carbonyl (C=O) groups excluding carboxylic acids is 1. The van der Waals surface area contributed by atoms with Crippen molar-refractivity contribution >= 4 is 5.91 Å². The Bertz CT molecular complexity index is 427. The second-order valence-electron chi connectivity index (χ2n) is 5.82. The van der Waals surface area contributed by atoms with Crippen molar-refractivity contribution in [1.82, 2.24) is 4.90 Å². The highest BCUT2D eigenvalue weighted by atomic mass is 16.5. The molecule has 4 nitrogen and oxygen atoms in total. The second-order valence-corrected chi connectivity index (χ2v) is 5.82. The average molecular weight is 265 g/mol. The number of methoxy groups -OCH3 is 2. The zero-order valence-electron chi connectivity index (χ0n) is 12.6. The van der Waals surface area contributed by atoms with Crippen molar-refractivity contribution in [1.29, 1.82) is 0 Å². The summed E-state index contributed by atoms with van der Waals surface area (Å²) < 4.78 is 10.4. The molecule has 0 bridgehead atoms. The van der Waals surface area contributed by atoms with E-state index in [0.29, 0.717) is 23.6 Å². The minimum Gasteiger partial charge on any atom is -0.497 e. The van der Waals surface area contributed by atoms with Gasteiger partial charge in [-0.05, 0) is 17.5 Å². The molecule has 0 atom stereocenters. The van der Waals surface area contributed by atoms with Crippen molar-refractivity contribution in [2.45, 2.75) is 20.8 Å². The van der Waals surface area contributed by atoms with E-state index in [9.17, 15) is 4.79 Å². The molecule has 1 aromatic carbocycles. The molecule has 19 heavy (non-hydrogen) atoms. The monoisotopic (exact) mass is 265 g/mol. The lowest BCUT2D eigenvalue weighted by atomic mass is 9.96. The van der Waals surface area contributed by atoms with Crippen LogP contribution in [0.15, 0.2) is 18.2 Å². The summed E-state index contributed by atoms with van der Waals surface area (Å²) in [6, 6.07) is 5.20. The number of rotatable bonds is 4. The van der Waals surface area contributed by atoms with Crippen LogP contribution in [0.25, 0.3) is 0 Å². The molecule has 0 heterocycles. The Morgan fingerprint density at radius 2 is 1.58 bits per heavy atom. The first-order chi connectivity index (χ1) is 8.76. The highest BCUT2D eigenvalue weighted by Gasteiger charge is 2.19. The van der Waals surface area contributed by atoms with Gasteiger partial charge < -0.3 is 14.4 Å². The molecule has 1 rings (SSSR count). The lowest BCUT2D eigenvalue weighted by Gasteiger charge is -2.26. The van der Waals surface area contributed by atoms with Crippen LogP contribution in [0, 0.1) is 5.41 Å². The summed E-state index contributed by atoms with van der Waals surface area (Å²) >= 11 is 0. The number of ether oxygens (including phenoxy) is 2. The summed E-state index contributed by atoms with van der Waals surface area (Å²) in [6.45, 7) is 6.99. The number of nitrogens with zero attached hydrogens (tertiary/aromatic N) is 1. The van der Waals surface area contributed by atoms with E-state index in [1.807, 2.05) is 0 Å². The summed E-state index contributed by atoms with van der Waals surface area (Å²) in [5.74, 6) is 1.20. The zero-order chi connectivity index (χ0) is 14.6. The second kappa shape index (κ2) is 5.95. The summed E-state index contributed by atoms with van der Waals surface area (Å²) in [4.78, 5) is 14.1. The molecule has 0 aromatic heterocycles. The Labute approximate surface area is 115 Å². The first kappa shape index (κ1) is 15.3. The fourth-order valence-electron chi connectivity index (χ4n) is 1.93. The molecule has 1 aromatic rings. The molecule has 1 amide bonds. The Morgan fingerprint density at radius 3 is 1.95 bits per heavy atom. The Hall–Kier alpha value is -1.71. The molecule has 0 spiro atoms. The van der Waals surface area contributed by atoms with Crippen molar-refractivity contribution in [3.63, 3.8) is 0 Å². The summed E-state index contributed by atoms with van der Waals surface area (Å²) in [6.07, 6.45) is 0. The quantitative estimate of drug-likeness (QED) is 0.840. The molecular weight excluding hydrogens is 242 g/mol. The molecule has 0 N–H and O–H groups in total. The summed E-state index contributed by atoms with van der Waals surface area (Å²) in [7, 11) is 4.95. The van der Waals surface area contributed by atoms with E-state index in [1.165, 1.54) is 0 Å². The lowest BCUT2D eigenvalue weighted by molar-refractivity contribution is 0.0745. The van der Waals surface area contributed by atoms with Gasteiger partial charge in [-0.2, -0.15) is 0 Å². The SMILES string of the molecule is COc1cc(OC)cc(C(=O)N(C)CC(C)(C)C)c1. The molecule has 0 aliphatic heterocycles. The van der Waals surface area contributed by atoms with Gasteiger partial charge in [0.2, 0.25) is 0 Å². The van der Waals surface area contributed by atoms with E-state index in [4.69, 9.17) is 9.47 Å². The van der Waals surface area contributed by atoms with Gasteiger partial charge in [0.15, 0.2) is 0 Å². The van der Waals surface area contributed by atoms with E-state index in [-0.39, 0.29) is 11.3 Å². The van der Waals surface area contributed by atoms with Crippen LogP contribution in [0.4, 0.5) is 0 Å². The highest BCUT2D eigenvalue weighted by Crippen LogP contribution is 2.24. The van der Waals surface area contributed by atoms with Crippen molar-refractivity contribution in [2.75, 3.05) is 27.8 Å². The van der Waals surface area contributed by atoms with Gasteiger partial charge in [-0.25, -0.2) is 0 Å². The van der Waals surface area contributed by atoms with E-state index >= 15 is 0 Å². The van der Waals surface area contributed by atoms with Crippen LogP contribution < -0.4 is 9.47 Å². The topological polar surface area (TPSA) is 38.8 Å². The van der Waals surface area contributed by atoms with Crippen LogP contribution in [-0.2, 0) is 0 Å². The number of carbonyl (C=O) groups is 1. The molecule has 0 aliphatic carbocycles. The van der Waals surface area contributed by atoms with E-state index in [2.05, 4.69) is 20.8 Å². The van der Waals surface area contributed by atoms with Crippen LogP contribution in [-0.4, -0.2) is 38.6 Å². The first-order valence-electron chi connectivity index (χ1n) is 6.25. The van der Waals surface area contributed by atoms with Gasteiger partial charge in [0.05, 0.1) is 14.2 Å². The molecular formula is C15H23NO3. The van der Waals surface area contributed by atoms with E-state index in [1.54, 1.807) is 44.4 Å². The molecule has 4 heteroatoms. The van der Waals surface area contributed by atoms with Crippen LogP contribution in [0.2, 0.25) is 0 Å². The van der Waals surface area contributed by atoms with E-state index < -0.39 is 0 Å². The Morgan fingerprint density at radius 1 is 1.11 bits per heavy atom. The average Bonchev–Trinajstić information content (AvgIpc) is 2.35. The van der Waals surface area contributed by atoms with Gasteiger partial charge >= 0.3 is 0 Å². The maximum Gasteiger partial charge on any atom is 0.253 e. The van der Waals surface area contributed by atoms with Crippen LogP contribution in [0.1, 0.15) is 31.1 Å². The number of hydrogen-bond donors (Lipinski definition) is 0. The van der Waals surface area contributed by atoms with Gasteiger partial charge in [0.25, 0.3) is 5.91 Å². The Balaban J connectivity index is 2.98. The molecule has 0 unspecified atom stereocenters. The normalized spacial score (nSPS) is 11.1. The first-order valence-corrected chi connectivity index (χ1v) is 6.25.